The van der Waals surface area contributed by atoms with Crippen LogP contribution in [0.4, 0.5) is 4.79 Å². The topological polar surface area (TPSA) is 105 Å². The van der Waals surface area contributed by atoms with E-state index in [1.165, 1.54) is 9.80 Å². The van der Waals surface area contributed by atoms with Gasteiger partial charge in [0, 0.05) is 26.2 Å². The van der Waals surface area contributed by atoms with Crippen molar-refractivity contribution in [2.24, 2.45) is 0 Å². The van der Waals surface area contributed by atoms with E-state index in [9.17, 15) is 19.2 Å². The maximum Gasteiger partial charge on any atom is 0.407 e. The molecule has 192 valence electrons. The highest BCUT2D eigenvalue weighted by molar-refractivity contribution is 6.35. The first-order chi connectivity index (χ1) is 17.1. The Morgan fingerprint density at radius 1 is 0.889 bits per heavy atom. The van der Waals surface area contributed by atoms with Crippen LogP contribution < -0.4 is 5.32 Å². The summed E-state index contributed by atoms with van der Waals surface area (Å²) in [6, 6.07) is 18.7. The minimum Gasteiger partial charge on any atom is -0.451 e. The van der Waals surface area contributed by atoms with Crippen molar-refractivity contribution in [3.63, 3.8) is 0 Å². The Kier molecular flexibility index (Phi) is 9.05. The molecule has 0 saturated carbocycles. The van der Waals surface area contributed by atoms with Gasteiger partial charge in [-0.15, -0.1) is 0 Å². The van der Waals surface area contributed by atoms with E-state index in [4.69, 9.17) is 9.47 Å². The second kappa shape index (κ2) is 12.2. The largest absolute Gasteiger partial charge is 0.451 e. The van der Waals surface area contributed by atoms with E-state index in [-0.39, 0.29) is 13.1 Å². The number of nitrogens with zero attached hydrogens (tertiary/aromatic N) is 2. The first-order valence-corrected chi connectivity index (χ1v) is 12.0. The molecule has 1 N–H and O–H groups in total. The number of alkyl carbamates (subject to hydrolysis) is 1. The molecule has 1 heterocycles. The molecule has 0 spiro atoms. The van der Waals surface area contributed by atoms with E-state index in [0.29, 0.717) is 26.1 Å². The van der Waals surface area contributed by atoms with Gasteiger partial charge in [0.1, 0.15) is 12.1 Å². The molecule has 0 unspecified atom stereocenters. The fourth-order valence-electron chi connectivity index (χ4n) is 3.76. The molecule has 0 aromatic heterocycles. The number of rotatable bonds is 9. The highest BCUT2D eigenvalue weighted by Gasteiger charge is 2.34. The van der Waals surface area contributed by atoms with Crippen LogP contribution in [0.25, 0.3) is 0 Å². The quantitative estimate of drug-likeness (QED) is 0.326. The monoisotopic (exact) mass is 495 g/mol. The number of benzene rings is 2. The predicted octanol–water partition coefficient (Wildman–Crippen LogP) is 2.90. The van der Waals surface area contributed by atoms with Gasteiger partial charge in [-0.25, -0.2) is 4.79 Å². The fraction of sp³-hybridized carbons (Fsp3) is 0.407. The summed E-state index contributed by atoms with van der Waals surface area (Å²) in [6.07, 6.45) is -0.683. The molecule has 3 amide bonds. The van der Waals surface area contributed by atoms with Crippen LogP contribution in [-0.4, -0.2) is 72.0 Å². The van der Waals surface area contributed by atoms with Crippen molar-refractivity contribution in [3.05, 3.63) is 71.8 Å². The van der Waals surface area contributed by atoms with Gasteiger partial charge in [-0.2, -0.15) is 0 Å². The van der Waals surface area contributed by atoms with Gasteiger partial charge >= 0.3 is 23.9 Å². The molecule has 0 radical (unpaired) electrons. The van der Waals surface area contributed by atoms with E-state index >= 15 is 0 Å². The highest BCUT2D eigenvalue weighted by atomic mass is 16.6. The third-order valence-corrected chi connectivity index (χ3v) is 5.44. The smallest absolute Gasteiger partial charge is 0.407 e. The first-order valence-electron chi connectivity index (χ1n) is 12.0. The van der Waals surface area contributed by atoms with Crippen LogP contribution in [-0.2, 0) is 23.9 Å². The van der Waals surface area contributed by atoms with Crippen LogP contribution in [0.1, 0.15) is 44.4 Å². The van der Waals surface area contributed by atoms with E-state index in [2.05, 4.69) is 5.32 Å². The molecule has 1 aliphatic heterocycles. The first kappa shape index (κ1) is 26.7. The molecular formula is C27H33N3O6. The van der Waals surface area contributed by atoms with E-state index in [1.54, 1.807) is 20.8 Å². The second-order valence-electron chi connectivity index (χ2n) is 9.49. The Morgan fingerprint density at radius 2 is 1.42 bits per heavy atom. The summed E-state index contributed by atoms with van der Waals surface area (Å²) in [7, 11) is 0. The molecule has 2 aromatic rings. The fourth-order valence-corrected chi connectivity index (χ4v) is 3.76. The zero-order chi connectivity index (χ0) is 26.1. The van der Waals surface area contributed by atoms with Crippen molar-refractivity contribution in [3.8, 4) is 0 Å². The van der Waals surface area contributed by atoms with Gasteiger partial charge in [0.25, 0.3) is 0 Å². The van der Waals surface area contributed by atoms with Gasteiger partial charge in [0.05, 0.1) is 0 Å². The molecule has 2 aromatic carbocycles. The van der Waals surface area contributed by atoms with Crippen molar-refractivity contribution in [1.82, 2.24) is 15.1 Å². The Labute approximate surface area is 211 Å². The Hall–Kier alpha value is -3.88. The lowest BCUT2D eigenvalue weighted by Gasteiger charge is -2.33. The number of amides is 3. The minimum atomic E-state index is -0.741. The van der Waals surface area contributed by atoms with Crippen LogP contribution in [0.3, 0.4) is 0 Å². The van der Waals surface area contributed by atoms with Gasteiger partial charge in [-0.1, -0.05) is 60.7 Å². The van der Waals surface area contributed by atoms with Gasteiger partial charge < -0.3 is 24.6 Å². The van der Waals surface area contributed by atoms with Crippen LogP contribution in [0.5, 0.6) is 0 Å². The maximum absolute atomic E-state index is 12.8. The minimum absolute atomic E-state index is 0.223. The number of piperazine rings is 1. The SMILES string of the molecule is CC(C)(C)OC(=O)NCCCN1CCN(CC(=O)OC(c2ccccc2)c2ccccc2)C(=O)C1=O. The average molecular weight is 496 g/mol. The molecular weight excluding hydrogens is 462 g/mol. The molecule has 3 rings (SSSR count). The maximum atomic E-state index is 12.8. The van der Waals surface area contributed by atoms with Crippen molar-refractivity contribution in [1.29, 1.82) is 0 Å². The third-order valence-electron chi connectivity index (χ3n) is 5.44. The normalized spacial score (nSPS) is 14.1. The zero-order valence-electron chi connectivity index (χ0n) is 20.9. The number of hydrogen-bond acceptors (Lipinski definition) is 6. The summed E-state index contributed by atoms with van der Waals surface area (Å²) in [5.41, 5.74) is 1.03. The lowest BCUT2D eigenvalue weighted by atomic mass is 10.0. The molecule has 1 saturated heterocycles. The summed E-state index contributed by atoms with van der Waals surface area (Å²) in [6.45, 7) is 6.15. The summed E-state index contributed by atoms with van der Waals surface area (Å²) in [5.74, 6) is -2.01. The molecule has 0 aliphatic carbocycles. The van der Waals surface area contributed by atoms with Gasteiger partial charge in [-0.05, 0) is 38.3 Å². The lowest BCUT2D eigenvalue weighted by molar-refractivity contribution is -0.161. The van der Waals surface area contributed by atoms with Crippen LogP contribution in [0, 0.1) is 0 Å². The standard InChI is InChI=1S/C27H33N3O6/c1-27(2,3)36-26(34)28-15-10-16-29-17-18-30(25(33)24(29)32)19-22(31)35-23(20-11-6-4-7-12-20)21-13-8-5-9-14-21/h4-9,11-14,23H,10,15-19H2,1-3H3,(H,28,34). The number of carbonyl (C=O) groups excluding carboxylic acids is 4. The van der Waals surface area contributed by atoms with Crippen LogP contribution in [0.15, 0.2) is 60.7 Å². The zero-order valence-corrected chi connectivity index (χ0v) is 20.9. The molecule has 1 aliphatic rings. The highest BCUT2D eigenvalue weighted by Crippen LogP contribution is 2.26. The van der Waals surface area contributed by atoms with Crippen molar-refractivity contribution in [2.45, 2.75) is 38.9 Å². The van der Waals surface area contributed by atoms with E-state index < -0.39 is 35.6 Å². The number of carbonyl (C=O) groups is 4. The number of nitrogens with one attached hydrogen (secondary N) is 1. The van der Waals surface area contributed by atoms with E-state index in [0.717, 1.165) is 11.1 Å². The van der Waals surface area contributed by atoms with Gasteiger partial charge in [-0.3, -0.25) is 14.4 Å². The van der Waals surface area contributed by atoms with E-state index in [1.807, 2.05) is 60.7 Å². The van der Waals surface area contributed by atoms with Crippen LogP contribution in [0.2, 0.25) is 0 Å². The molecule has 0 bridgehead atoms. The Morgan fingerprint density at radius 3 is 1.97 bits per heavy atom. The molecule has 36 heavy (non-hydrogen) atoms. The summed E-state index contributed by atoms with van der Waals surface area (Å²) in [5, 5.41) is 2.63. The van der Waals surface area contributed by atoms with Crippen molar-refractivity contribution >= 4 is 23.9 Å². The number of esters is 1. The van der Waals surface area contributed by atoms with Crippen molar-refractivity contribution in [2.75, 3.05) is 32.7 Å². The molecule has 9 nitrogen and oxygen atoms in total. The van der Waals surface area contributed by atoms with Gasteiger partial charge in [0.15, 0.2) is 6.10 Å². The summed E-state index contributed by atoms with van der Waals surface area (Å²) < 4.78 is 10.9. The average Bonchev–Trinajstić information content (AvgIpc) is 2.84. The summed E-state index contributed by atoms with van der Waals surface area (Å²) in [4.78, 5) is 52.3. The second-order valence-corrected chi connectivity index (χ2v) is 9.49. The molecule has 9 heteroatoms. The van der Waals surface area contributed by atoms with Gasteiger partial charge in [0.2, 0.25) is 0 Å². The number of hydrogen-bond donors (Lipinski definition) is 1. The summed E-state index contributed by atoms with van der Waals surface area (Å²) >= 11 is 0. The Balaban J connectivity index is 1.50. The number of ether oxygens (including phenoxy) is 2. The molecule has 0 atom stereocenters. The van der Waals surface area contributed by atoms with Crippen molar-refractivity contribution < 1.29 is 28.7 Å². The molecule has 1 fully saturated rings. The predicted molar refractivity (Wildman–Crippen MR) is 133 cm³/mol. The lowest BCUT2D eigenvalue weighted by Crippen LogP contribution is -2.55. The Bertz CT molecular complexity index is 1010. The third kappa shape index (κ3) is 7.83. The van der Waals surface area contributed by atoms with Crippen LogP contribution >= 0.6 is 0 Å².